The van der Waals surface area contributed by atoms with E-state index in [2.05, 4.69) is 129 Å². The van der Waals surface area contributed by atoms with Crippen LogP contribution >= 0.6 is 23.5 Å². The van der Waals surface area contributed by atoms with Gasteiger partial charge in [-0.25, -0.2) is 0 Å². The first kappa shape index (κ1) is 23.4. The molecule has 0 aliphatic carbocycles. The summed E-state index contributed by atoms with van der Waals surface area (Å²) in [5, 5.41) is 0. The van der Waals surface area contributed by atoms with Crippen molar-refractivity contribution in [1.29, 1.82) is 0 Å². The highest BCUT2D eigenvalue weighted by Gasteiger charge is 2.30. The Balaban J connectivity index is 1.37. The average molecular weight is 551 g/mol. The fourth-order valence-corrected chi connectivity index (χ4v) is 7.62. The number of nitrogens with zero attached hydrogens (tertiary/aromatic N) is 4. The van der Waals surface area contributed by atoms with Gasteiger partial charge in [-0.1, -0.05) is 72.1 Å². The van der Waals surface area contributed by atoms with Crippen LogP contribution < -0.4 is 9.80 Å². The average Bonchev–Trinajstić information content (AvgIpc) is 3.02. The van der Waals surface area contributed by atoms with Crippen molar-refractivity contribution in [1.82, 2.24) is 9.97 Å². The van der Waals surface area contributed by atoms with Crippen molar-refractivity contribution in [2.75, 3.05) is 9.80 Å². The quantitative estimate of drug-likeness (QED) is 0.218. The predicted octanol–water partition coefficient (Wildman–Crippen LogP) is 10.0. The summed E-state index contributed by atoms with van der Waals surface area (Å²) in [7, 11) is 0. The Morgan fingerprint density at radius 2 is 0.700 bits per heavy atom. The third-order valence-corrected chi connectivity index (χ3v) is 9.49. The van der Waals surface area contributed by atoms with Gasteiger partial charge in [0, 0.05) is 55.5 Å². The minimum absolute atomic E-state index is 1.02. The van der Waals surface area contributed by atoms with Crippen LogP contribution in [0.4, 0.5) is 34.1 Å². The first-order chi connectivity index (χ1) is 19.9. The highest BCUT2D eigenvalue weighted by molar-refractivity contribution is 8.00. The van der Waals surface area contributed by atoms with E-state index in [0.29, 0.717) is 0 Å². The molecule has 6 aromatic rings. The highest BCUT2D eigenvalue weighted by atomic mass is 32.2. The van der Waals surface area contributed by atoms with Crippen LogP contribution in [-0.2, 0) is 0 Å². The number of hydrogen-bond acceptors (Lipinski definition) is 6. The molecule has 2 aromatic heterocycles. The molecule has 4 heterocycles. The largest absolute Gasteiger partial charge is 0.307 e. The second kappa shape index (κ2) is 9.59. The van der Waals surface area contributed by atoms with Gasteiger partial charge in [-0.15, -0.1) is 0 Å². The molecule has 0 amide bonds. The standard InChI is InChI=1S/C34H22N4S2/c1-5-13-31-27(9-1)37(28-10-2-6-14-32(28)39-31)25-17-19-35-21-23(25)24-22-36-20-18-26(24)38-29-11-3-7-15-33(29)40-34-16-8-4-12-30(34)38/h1-22H. The van der Waals surface area contributed by atoms with E-state index in [4.69, 9.17) is 0 Å². The predicted molar refractivity (Wildman–Crippen MR) is 165 cm³/mol. The first-order valence-electron chi connectivity index (χ1n) is 13.1. The molecule has 6 heteroatoms. The number of benzene rings is 4. The van der Waals surface area contributed by atoms with E-state index in [9.17, 15) is 0 Å². The highest BCUT2D eigenvalue weighted by Crippen LogP contribution is 2.55. The zero-order chi connectivity index (χ0) is 26.5. The molecule has 0 atom stereocenters. The normalized spacial score (nSPS) is 13.2. The molecule has 0 radical (unpaired) electrons. The summed E-state index contributed by atoms with van der Waals surface area (Å²) < 4.78 is 0. The van der Waals surface area contributed by atoms with E-state index in [-0.39, 0.29) is 0 Å². The van der Waals surface area contributed by atoms with Crippen LogP contribution in [0.15, 0.2) is 154 Å². The van der Waals surface area contributed by atoms with E-state index in [0.717, 1.165) is 45.3 Å². The molecule has 190 valence electrons. The van der Waals surface area contributed by atoms with Crippen molar-refractivity contribution in [3.8, 4) is 11.1 Å². The van der Waals surface area contributed by atoms with Gasteiger partial charge < -0.3 is 9.80 Å². The fraction of sp³-hybridized carbons (Fsp3) is 0. The lowest BCUT2D eigenvalue weighted by Crippen LogP contribution is -2.17. The summed E-state index contributed by atoms with van der Waals surface area (Å²) in [6, 6.07) is 38.6. The first-order valence-corrected chi connectivity index (χ1v) is 14.7. The molecule has 8 rings (SSSR count). The summed E-state index contributed by atoms with van der Waals surface area (Å²) in [6.07, 6.45) is 7.70. The van der Waals surface area contributed by atoms with Crippen molar-refractivity contribution in [2.45, 2.75) is 19.6 Å². The minimum atomic E-state index is 1.02. The topological polar surface area (TPSA) is 32.3 Å². The molecule has 40 heavy (non-hydrogen) atoms. The third-order valence-electron chi connectivity index (χ3n) is 7.23. The summed E-state index contributed by atoms with van der Waals surface area (Å²) in [4.78, 5) is 18.9. The molecule has 4 aromatic carbocycles. The monoisotopic (exact) mass is 550 g/mol. The number of pyridine rings is 2. The Labute approximate surface area is 241 Å². The minimum Gasteiger partial charge on any atom is -0.307 e. The number of anilines is 6. The van der Waals surface area contributed by atoms with Crippen molar-refractivity contribution in [3.05, 3.63) is 134 Å². The van der Waals surface area contributed by atoms with Crippen LogP contribution in [-0.4, -0.2) is 9.97 Å². The van der Waals surface area contributed by atoms with Crippen LogP contribution in [0.3, 0.4) is 0 Å². The third kappa shape index (κ3) is 3.72. The summed E-state index contributed by atoms with van der Waals surface area (Å²) in [6.45, 7) is 0. The Kier molecular flexibility index (Phi) is 5.60. The zero-order valence-electron chi connectivity index (χ0n) is 21.3. The summed E-state index contributed by atoms with van der Waals surface area (Å²) >= 11 is 3.63. The second-order valence-corrected chi connectivity index (χ2v) is 11.7. The van der Waals surface area contributed by atoms with Gasteiger partial charge in [0.1, 0.15) is 0 Å². The SMILES string of the molecule is c1ccc2c(c1)Sc1ccccc1N2c1ccncc1-c1cnccc1N1c2ccccc2Sc2ccccc21. The van der Waals surface area contributed by atoms with Crippen molar-refractivity contribution in [2.24, 2.45) is 0 Å². The number of aromatic nitrogens is 2. The van der Waals surface area contributed by atoms with E-state index >= 15 is 0 Å². The van der Waals surface area contributed by atoms with Gasteiger partial charge in [0.05, 0.1) is 34.1 Å². The molecule has 0 N–H and O–H groups in total. The maximum Gasteiger partial charge on any atom is 0.0601 e. The fourth-order valence-electron chi connectivity index (χ4n) is 5.51. The Hall–Kier alpha value is -4.52. The van der Waals surface area contributed by atoms with Crippen LogP contribution in [0, 0.1) is 0 Å². The molecule has 0 saturated carbocycles. The van der Waals surface area contributed by atoms with E-state index < -0.39 is 0 Å². The van der Waals surface area contributed by atoms with Crippen LogP contribution in [0.25, 0.3) is 11.1 Å². The lowest BCUT2D eigenvalue weighted by Gasteiger charge is -2.36. The maximum atomic E-state index is 4.62. The molecule has 4 nitrogen and oxygen atoms in total. The smallest absolute Gasteiger partial charge is 0.0601 e. The molecule has 0 bridgehead atoms. The van der Waals surface area contributed by atoms with Crippen LogP contribution in [0.5, 0.6) is 0 Å². The molecule has 0 saturated heterocycles. The summed E-state index contributed by atoms with van der Waals surface area (Å²) in [5.74, 6) is 0. The van der Waals surface area contributed by atoms with E-state index in [1.165, 1.54) is 19.6 Å². The van der Waals surface area contributed by atoms with Gasteiger partial charge in [0.15, 0.2) is 0 Å². The van der Waals surface area contributed by atoms with Gasteiger partial charge in [-0.3, -0.25) is 9.97 Å². The summed E-state index contributed by atoms with van der Waals surface area (Å²) in [5.41, 5.74) is 8.83. The number of para-hydroxylation sites is 4. The van der Waals surface area contributed by atoms with Crippen molar-refractivity contribution >= 4 is 57.6 Å². The van der Waals surface area contributed by atoms with Gasteiger partial charge in [0.2, 0.25) is 0 Å². The van der Waals surface area contributed by atoms with E-state index in [1.807, 2.05) is 48.3 Å². The van der Waals surface area contributed by atoms with Crippen LogP contribution in [0.1, 0.15) is 0 Å². The second-order valence-electron chi connectivity index (χ2n) is 9.53. The Bertz CT molecular complexity index is 1670. The van der Waals surface area contributed by atoms with Crippen molar-refractivity contribution < 1.29 is 0 Å². The van der Waals surface area contributed by atoms with Gasteiger partial charge in [-0.2, -0.15) is 0 Å². The lowest BCUT2D eigenvalue weighted by molar-refractivity contribution is 1.14. The molecule has 0 fully saturated rings. The van der Waals surface area contributed by atoms with Gasteiger partial charge in [0.25, 0.3) is 0 Å². The Morgan fingerprint density at radius 1 is 0.375 bits per heavy atom. The molecule has 2 aliphatic rings. The maximum absolute atomic E-state index is 4.62. The Morgan fingerprint density at radius 3 is 1.05 bits per heavy atom. The van der Waals surface area contributed by atoms with E-state index in [1.54, 1.807) is 0 Å². The number of hydrogen-bond donors (Lipinski definition) is 0. The molecule has 0 unspecified atom stereocenters. The lowest BCUT2D eigenvalue weighted by atomic mass is 10.0. The molecular weight excluding hydrogens is 529 g/mol. The zero-order valence-corrected chi connectivity index (χ0v) is 22.9. The van der Waals surface area contributed by atoms with Crippen molar-refractivity contribution in [3.63, 3.8) is 0 Å². The number of fused-ring (bicyclic) bond motifs is 4. The van der Waals surface area contributed by atoms with Gasteiger partial charge >= 0.3 is 0 Å². The molecular formula is C34H22N4S2. The van der Waals surface area contributed by atoms with Gasteiger partial charge in [-0.05, 0) is 60.7 Å². The number of rotatable bonds is 3. The molecule has 0 spiro atoms. The molecule has 2 aliphatic heterocycles. The van der Waals surface area contributed by atoms with Crippen LogP contribution in [0.2, 0.25) is 0 Å².